The van der Waals surface area contributed by atoms with Crippen LogP contribution in [0.15, 0.2) is 18.2 Å². The number of benzene rings is 1. The van der Waals surface area contributed by atoms with Gasteiger partial charge >= 0.3 is 0 Å². The number of amides is 1. The van der Waals surface area contributed by atoms with Gasteiger partial charge in [-0.05, 0) is 30.5 Å². The molecule has 0 heterocycles. The summed E-state index contributed by atoms with van der Waals surface area (Å²) in [4.78, 5) is 11.2. The summed E-state index contributed by atoms with van der Waals surface area (Å²) in [5.74, 6) is 0.988. The summed E-state index contributed by atoms with van der Waals surface area (Å²) < 4.78 is 10.7. The fraction of sp³-hybridized carbons (Fsp3) is 0.500. The minimum absolute atomic E-state index is 0.0316. The fourth-order valence-electron chi connectivity index (χ4n) is 1.62. The summed E-state index contributed by atoms with van der Waals surface area (Å²) in [5, 5.41) is 2.50. The van der Waals surface area contributed by atoms with E-state index in [0.29, 0.717) is 11.5 Å². The summed E-state index contributed by atoms with van der Waals surface area (Å²) in [6, 6.07) is 5.79. The SMILES string of the molecule is CCC(N)Cc1ccc(OC)c(OCC(=O)NC)c1. The second kappa shape index (κ2) is 7.63. The van der Waals surface area contributed by atoms with E-state index in [1.165, 1.54) is 0 Å². The molecule has 1 aromatic rings. The second-order valence-corrected chi connectivity index (χ2v) is 4.32. The molecule has 1 unspecified atom stereocenters. The van der Waals surface area contributed by atoms with Crippen LogP contribution in [0.3, 0.4) is 0 Å². The van der Waals surface area contributed by atoms with Crippen LogP contribution in [0.1, 0.15) is 18.9 Å². The van der Waals surface area contributed by atoms with Gasteiger partial charge in [-0.15, -0.1) is 0 Å². The standard InChI is InChI=1S/C14H22N2O3/c1-4-11(15)7-10-5-6-12(18-3)13(8-10)19-9-14(17)16-2/h5-6,8,11H,4,7,9,15H2,1-3H3,(H,16,17). The molecule has 19 heavy (non-hydrogen) atoms. The van der Waals surface area contributed by atoms with Gasteiger partial charge in [-0.2, -0.15) is 0 Å². The van der Waals surface area contributed by atoms with Gasteiger partial charge in [0.1, 0.15) is 0 Å². The number of nitrogens with two attached hydrogens (primary N) is 1. The molecule has 1 rings (SSSR count). The molecule has 1 atom stereocenters. The predicted molar refractivity (Wildman–Crippen MR) is 74.5 cm³/mol. The molecule has 0 aliphatic carbocycles. The number of methoxy groups -OCH3 is 1. The van der Waals surface area contributed by atoms with Crippen molar-refractivity contribution in [3.05, 3.63) is 23.8 Å². The largest absolute Gasteiger partial charge is 0.493 e. The van der Waals surface area contributed by atoms with E-state index in [9.17, 15) is 4.79 Å². The van der Waals surface area contributed by atoms with Crippen LogP contribution in [0.2, 0.25) is 0 Å². The lowest BCUT2D eigenvalue weighted by Crippen LogP contribution is -2.25. The highest BCUT2D eigenvalue weighted by atomic mass is 16.5. The number of hydrogen-bond acceptors (Lipinski definition) is 4. The first kappa shape index (κ1) is 15.3. The van der Waals surface area contributed by atoms with Gasteiger partial charge in [0.05, 0.1) is 7.11 Å². The molecule has 3 N–H and O–H groups in total. The zero-order valence-corrected chi connectivity index (χ0v) is 11.7. The molecule has 0 aromatic heterocycles. The lowest BCUT2D eigenvalue weighted by Gasteiger charge is -2.13. The molecule has 0 saturated heterocycles. The van der Waals surface area contributed by atoms with E-state index in [2.05, 4.69) is 12.2 Å². The van der Waals surface area contributed by atoms with Gasteiger partial charge in [0.25, 0.3) is 5.91 Å². The number of carbonyl (C=O) groups excluding carboxylic acids is 1. The van der Waals surface area contributed by atoms with Crippen LogP contribution in [0.4, 0.5) is 0 Å². The van der Waals surface area contributed by atoms with Crippen molar-refractivity contribution in [3.63, 3.8) is 0 Å². The maximum absolute atomic E-state index is 11.2. The summed E-state index contributed by atoms with van der Waals surface area (Å²) in [7, 11) is 3.14. The normalized spacial score (nSPS) is 11.8. The van der Waals surface area contributed by atoms with E-state index in [1.807, 2.05) is 18.2 Å². The van der Waals surface area contributed by atoms with Crippen molar-refractivity contribution >= 4 is 5.91 Å². The maximum Gasteiger partial charge on any atom is 0.257 e. The van der Waals surface area contributed by atoms with Gasteiger partial charge in [-0.25, -0.2) is 0 Å². The molecule has 0 saturated carbocycles. The number of likely N-dealkylation sites (N-methyl/N-ethyl adjacent to an activating group) is 1. The molecule has 0 bridgehead atoms. The first-order valence-corrected chi connectivity index (χ1v) is 6.36. The minimum Gasteiger partial charge on any atom is -0.493 e. The molecule has 0 aliphatic rings. The number of hydrogen-bond donors (Lipinski definition) is 2. The van der Waals surface area contributed by atoms with Crippen molar-refractivity contribution in [1.82, 2.24) is 5.32 Å². The van der Waals surface area contributed by atoms with Crippen LogP contribution < -0.4 is 20.5 Å². The Bertz CT molecular complexity index is 421. The average molecular weight is 266 g/mol. The highest BCUT2D eigenvalue weighted by Crippen LogP contribution is 2.28. The van der Waals surface area contributed by atoms with E-state index < -0.39 is 0 Å². The topological polar surface area (TPSA) is 73.6 Å². The highest BCUT2D eigenvalue weighted by molar-refractivity contribution is 5.77. The predicted octanol–water partition coefficient (Wildman–Crippen LogP) is 1.10. The molecule has 5 nitrogen and oxygen atoms in total. The molecule has 0 aliphatic heterocycles. The lowest BCUT2D eigenvalue weighted by molar-refractivity contribution is -0.122. The van der Waals surface area contributed by atoms with E-state index in [-0.39, 0.29) is 18.6 Å². The van der Waals surface area contributed by atoms with Gasteiger partial charge in [0.15, 0.2) is 18.1 Å². The van der Waals surface area contributed by atoms with Crippen molar-refractivity contribution in [2.45, 2.75) is 25.8 Å². The van der Waals surface area contributed by atoms with Gasteiger partial charge in [-0.3, -0.25) is 4.79 Å². The Balaban J connectivity index is 2.80. The van der Waals surface area contributed by atoms with Crippen LogP contribution in [0, 0.1) is 0 Å². The molecule has 106 valence electrons. The lowest BCUT2D eigenvalue weighted by atomic mass is 10.0. The monoisotopic (exact) mass is 266 g/mol. The van der Waals surface area contributed by atoms with Crippen molar-refractivity contribution in [3.8, 4) is 11.5 Å². The van der Waals surface area contributed by atoms with E-state index in [0.717, 1.165) is 18.4 Å². The Kier molecular flexibility index (Phi) is 6.15. The van der Waals surface area contributed by atoms with Crippen LogP contribution in [0.25, 0.3) is 0 Å². The summed E-state index contributed by atoms with van der Waals surface area (Å²) in [6.45, 7) is 2.02. The average Bonchev–Trinajstić information content (AvgIpc) is 2.44. The van der Waals surface area contributed by atoms with Crippen molar-refractivity contribution in [1.29, 1.82) is 0 Å². The Labute approximate surface area is 114 Å². The Morgan fingerprint density at radius 1 is 1.42 bits per heavy atom. The molecule has 0 radical (unpaired) electrons. The van der Waals surface area contributed by atoms with E-state index >= 15 is 0 Å². The van der Waals surface area contributed by atoms with Crippen molar-refractivity contribution in [2.75, 3.05) is 20.8 Å². The van der Waals surface area contributed by atoms with Gasteiger partial charge < -0.3 is 20.5 Å². The molecule has 5 heteroatoms. The number of ether oxygens (including phenoxy) is 2. The van der Waals surface area contributed by atoms with Crippen LogP contribution in [0.5, 0.6) is 11.5 Å². The summed E-state index contributed by atoms with van der Waals surface area (Å²) in [6.07, 6.45) is 1.69. The minimum atomic E-state index is -0.183. The third kappa shape index (κ3) is 4.79. The molecule has 0 spiro atoms. The smallest absolute Gasteiger partial charge is 0.257 e. The highest BCUT2D eigenvalue weighted by Gasteiger charge is 2.09. The Morgan fingerprint density at radius 2 is 2.16 bits per heavy atom. The first-order valence-electron chi connectivity index (χ1n) is 6.36. The molecule has 0 fully saturated rings. The summed E-state index contributed by atoms with van der Waals surface area (Å²) >= 11 is 0. The van der Waals surface area contributed by atoms with Crippen LogP contribution >= 0.6 is 0 Å². The van der Waals surface area contributed by atoms with E-state index in [4.69, 9.17) is 15.2 Å². The maximum atomic E-state index is 11.2. The zero-order valence-electron chi connectivity index (χ0n) is 11.7. The molecular weight excluding hydrogens is 244 g/mol. The summed E-state index contributed by atoms with van der Waals surface area (Å²) in [5.41, 5.74) is 7.00. The third-order valence-electron chi connectivity index (χ3n) is 2.89. The molecule has 1 amide bonds. The van der Waals surface area contributed by atoms with Crippen molar-refractivity contribution < 1.29 is 14.3 Å². The molecule has 1 aromatic carbocycles. The second-order valence-electron chi connectivity index (χ2n) is 4.32. The number of rotatable bonds is 7. The van der Waals surface area contributed by atoms with Gasteiger partial charge in [0.2, 0.25) is 0 Å². The van der Waals surface area contributed by atoms with Gasteiger partial charge in [0, 0.05) is 13.1 Å². The molecular formula is C14H22N2O3. The first-order chi connectivity index (χ1) is 9.10. The number of nitrogens with one attached hydrogen (secondary N) is 1. The Morgan fingerprint density at radius 3 is 2.74 bits per heavy atom. The zero-order chi connectivity index (χ0) is 14.3. The Hall–Kier alpha value is -1.75. The van der Waals surface area contributed by atoms with Gasteiger partial charge in [-0.1, -0.05) is 13.0 Å². The third-order valence-corrected chi connectivity index (χ3v) is 2.89. The fourth-order valence-corrected chi connectivity index (χ4v) is 1.62. The number of carbonyl (C=O) groups is 1. The van der Waals surface area contributed by atoms with Crippen LogP contribution in [-0.4, -0.2) is 32.7 Å². The van der Waals surface area contributed by atoms with Crippen molar-refractivity contribution in [2.24, 2.45) is 5.73 Å². The van der Waals surface area contributed by atoms with Crippen LogP contribution in [-0.2, 0) is 11.2 Å². The van der Waals surface area contributed by atoms with E-state index in [1.54, 1.807) is 14.2 Å². The quantitative estimate of drug-likeness (QED) is 0.775.